The van der Waals surface area contributed by atoms with Crippen LogP contribution in [0.1, 0.15) is 44.1 Å². The normalized spacial score (nSPS) is 15.6. The Morgan fingerprint density at radius 3 is 2.65 bits per heavy atom. The molecule has 1 aromatic heterocycles. The largest absolute Gasteiger partial charge is 0.329 e. The number of aryl methyl sites for hydroxylation is 1. The predicted molar refractivity (Wildman–Crippen MR) is 80.0 cm³/mol. The summed E-state index contributed by atoms with van der Waals surface area (Å²) in [6, 6.07) is 4.27. The lowest BCUT2D eigenvalue weighted by atomic mass is 9.93. The van der Waals surface area contributed by atoms with Gasteiger partial charge >= 0.3 is 0 Å². The van der Waals surface area contributed by atoms with Gasteiger partial charge in [-0.3, -0.25) is 9.78 Å². The second-order valence-electron chi connectivity index (χ2n) is 5.37. The monoisotopic (exact) mass is 270 g/mol. The molecule has 1 heterocycles. The second-order valence-corrected chi connectivity index (χ2v) is 5.37. The molecule has 0 N–H and O–H groups in total. The van der Waals surface area contributed by atoms with Gasteiger partial charge < -0.3 is 4.90 Å². The third-order valence-corrected chi connectivity index (χ3v) is 3.97. The standard InChI is InChI=1S/C17H22N2O/c1-2-14-19(16-6-4-3-5-7-16)17(20)9-8-15-10-12-18-13-11-15/h1,10-13,16H,3-9,14H2. The Morgan fingerprint density at radius 1 is 1.30 bits per heavy atom. The molecule has 1 saturated carbocycles. The van der Waals surface area contributed by atoms with E-state index in [0.717, 1.165) is 24.8 Å². The number of carbonyl (C=O) groups excluding carboxylic acids is 1. The van der Waals surface area contributed by atoms with E-state index in [2.05, 4.69) is 10.9 Å². The maximum atomic E-state index is 12.4. The van der Waals surface area contributed by atoms with Crippen molar-refractivity contribution in [3.05, 3.63) is 30.1 Å². The Bertz CT molecular complexity index is 458. The molecular formula is C17H22N2O. The summed E-state index contributed by atoms with van der Waals surface area (Å²) >= 11 is 0. The van der Waals surface area contributed by atoms with Gasteiger partial charge in [0.25, 0.3) is 0 Å². The predicted octanol–water partition coefficient (Wildman–Crippen LogP) is 2.81. The zero-order chi connectivity index (χ0) is 14.2. The minimum absolute atomic E-state index is 0.187. The van der Waals surface area contributed by atoms with Crippen molar-refractivity contribution in [1.82, 2.24) is 9.88 Å². The van der Waals surface area contributed by atoms with Crippen LogP contribution in [0.2, 0.25) is 0 Å². The maximum Gasteiger partial charge on any atom is 0.223 e. The summed E-state index contributed by atoms with van der Waals surface area (Å²) in [6.45, 7) is 0.444. The first-order valence-corrected chi connectivity index (χ1v) is 7.43. The molecule has 1 fully saturated rings. The maximum absolute atomic E-state index is 12.4. The Morgan fingerprint density at radius 2 is 2.00 bits per heavy atom. The van der Waals surface area contributed by atoms with E-state index < -0.39 is 0 Å². The van der Waals surface area contributed by atoms with Crippen LogP contribution in [0.3, 0.4) is 0 Å². The summed E-state index contributed by atoms with van der Waals surface area (Å²) < 4.78 is 0. The Kier molecular flexibility index (Phi) is 5.61. The van der Waals surface area contributed by atoms with Gasteiger partial charge in [-0.25, -0.2) is 0 Å². The molecule has 0 spiro atoms. The molecule has 20 heavy (non-hydrogen) atoms. The summed E-state index contributed by atoms with van der Waals surface area (Å²) in [4.78, 5) is 18.3. The molecule has 0 unspecified atom stereocenters. The number of amides is 1. The molecule has 0 radical (unpaired) electrons. The second kappa shape index (κ2) is 7.69. The number of carbonyl (C=O) groups is 1. The van der Waals surface area contributed by atoms with E-state index in [9.17, 15) is 4.79 Å². The van der Waals surface area contributed by atoms with E-state index in [1.165, 1.54) is 19.3 Å². The fourth-order valence-electron chi connectivity index (χ4n) is 2.86. The third kappa shape index (κ3) is 4.09. The van der Waals surface area contributed by atoms with E-state index in [1.54, 1.807) is 12.4 Å². The van der Waals surface area contributed by atoms with Gasteiger partial charge in [-0.15, -0.1) is 6.42 Å². The average molecular weight is 270 g/mol. The lowest BCUT2D eigenvalue weighted by Gasteiger charge is -2.33. The highest BCUT2D eigenvalue weighted by atomic mass is 16.2. The van der Waals surface area contributed by atoms with Gasteiger partial charge in [-0.1, -0.05) is 25.2 Å². The summed E-state index contributed by atoms with van der Waals surface area (Å²) in [5, 5.41) is 0. The van der Waals surface area contributed by atoms with Crippen molar-refractivity contribution in [1.29, 1.82) is 0 Å². The molecule has 1 aliphatic rings. The van der Waals surface area contributed by atoms with Crippen LogP contribution in [0.5, 0.6) is 0 Å². The molecule has 0 saturated heterocycles. The SMILES string of the molecule is C#CCN(C(=O)CCc1ccncc1)C1CCCCC1. The van der Waals surface area contributed by atoms with E-state index in [0.29, 0.717) is 19.0 Å². The lowest BCUT2D eigenvalue weighted by molar-refractivity contribution is -0.133. The van der Waals surface area contributed by atoms with Crippen LogP contribution in [0.25, 0.3) is 0 Å². The number of rotatable bonds is 5. The first kappa shape index (κ1) is 14.6. The average Bonchev–Trinajstić information content (AvgIpc) is 2.52. The van der Waals surface area contributed by atoms with Crippen molar-refractivity contribution in [2.24, 2.45) is 0 Å². The molecule has 0 bridgehead atoms. The van der Waals surface area contributed by atoms with Crippen molar-refractivity contribution in [3.63, 3.8) is 0 Å². The minimum Gasteiger partial charge on any atom is -0.329 e. The molecule has 3 nitrogen and oxygen atoms in total. The lowest BCUT2D eigenvalue weighted by Crippen LogP contribution is -2.41. The van der Waals surface area contributed by atoms with Gasteiger partial charge in [0.2, 0.25) is 5.91 Å². The van der Waals surface area contributed by atoms with E-state index in [1.807, 2.05) is 17.0 Å². The highest BCUT2D eigenvalue weighted by Crippen LogP contribution is 2.23. The Labute approximate surface area is 121 Å². The number of pyridine rings is 1. The smallest absolute Gasteiger partial charge is 0.223 e. The number of terminal acetylenes is 1. The Balaban J connectivity index is 1.91. The van der Waals surface area contributed by atoms with Crippen molar-refractivity contribution >= 4 is 5.91 Å². The molecule has 1 aliphatic carbocycles. The van der Waals surface area contributed by atoms with Gasteiger partial charge in [-0.05, 0) is 37.0 Å². The quantitative estimate of drug-likeness (QED) is 0.771. The number of hydrogen-bond acceptors (Lipinski definition) is 2. The first-order chi connectivity index (χ1) is 9.81. The fourth-order valence-corrected chi connectivity index (χ4v) is 2.86. The number of aromatic nitrogens is 1. The van der Waals surface area contributed by atoms with Gasteiger partial charge in [0.05, 0.1) is 6.54 Å². The van der Waals surface area contributed by atoms with Crippen LogP contribution < -0.4 is 0 Å². The van der Waals surface area contributed by atoms with Crippen LogP contribution in [-0.2, 0) is 11.2 Å². The number of hydrogen-bond donors (Lipinski definition) is 0. The molecule has 3 heteroatoms. The molecule has 0 aliphatic heterocycles. The van der Waals surface area contributed by atoms with Crippen LogP contribution in [0.4, 0.5) is 0 Å². The topological polar surface area (TPSA) is 33.2 Å². The minimum atomic E-state index is 0.187. The molecule has 1 aromatic rings. The molecule has 1 amide bonds. The first-order valence-electron chi connectivity index (χ1n) is 7.43. The van der Waals surface area contributed by atoms with Crippen molar-refractivity contribution in [2.75, 3.05) is 6.54 Å². The summed E-state index contributed by atoms with van der Waals surface area (Å²) in [5.74, 6) is 2.83. The highest BCUT2D eigenvalue weighted by molar-refractivity contribution is 5.77. The van der Waals surface area contributed by atoms with Crippen LogP contribution in [0.15, 0.2) is 24.5 Å². The van der Waals surface area contributed by atoms with Crippen molar-refractivity contribution in [2.45, 2.75) is 51.0 Å². The Hall–Kier alpha value is -1.82. The summed E-state index contributed by atoms with van der Waals surface area (Å²) in [5.41, 5.74) is 1.15. The fraction of sp³-hybridized carbons (Fsp3) is 0.529. The van der Waals surface area contributed by atoms with Gasteiger partial charge in [-0.2, -0.15) is 0 Å². The van der Waals surface area contributed by atoms with Crippen molar-refractivity contribution < 1.29 is 4.79 Å². The summed E-state index contributed by atoms with van der Waals surface area (Å²) in [6.07, 6.45) is 16.2. The van der Waals surface area contributed by atoms with E-state index in [-0.39, 0.29) is 5.91 Å². The van der Waals surface area contributed by atoms with Gasteiger partial charge in [0.1, 0.15) is 0 Å². The van der Waals surface area contributed by atoms with Gasteiger partial charge in [0.15, 0.2) is 0 Å². The zero-order valence-corrected chi connectivity index (χ0v) is 11.9. The van der Waals surface area contributed by atoms with Crippen LogP contribution >= 0.6 is 0 Å². The number of nitrogens with zero attached hydrogens (tertiary/aromatic N) is 2. The van der Waals surface area contributed by atoms with Crippen LogP contribution in [-0.4, -0.2) is 28.4 Å². The molecule has 0 aromatic carbocycles. The zero-order valence-electron chi connectivity index (χ0n) is 11.9. The van der Waals surface area contributed by atoms with Crippen molar-refractivity contribution in [3.8, 4) is 12.3 Å². The molecule has 2 rings (SSSR count). The molecule has 0 atom stereocenters. The molecular weight excluding hydrogens is 248 g/mol. The summed E-state index contributed by atoms with van der Waals surface area (Å²) in [7, 11) is 0. The third-order valence-electron chi connectivity index (χ3n) is 3.97. The van der Waals surface area contributed by atoms with E-state index >= 15 is 0 Å². The van der Waals surface area contributed by atoms with Gasteiger partial charge in [0, 0.05) is 24.9 Å². The highest BCUT2D eigenvalue weighted by Gasteiger charge is 2.24. The van der Waals surface area contributed by atoms with E-state index in [4.69, 9.17) is 6.42 Å². The molecule has 106 valence electrons. The van der Waals surface area contributed by atoms with Crippen LogP contribution in [0, 0.1) is 12.3 Å².